The molecule has 0 aliphatic carbocycles. The molecule has 0 radical (unpaired) electrons. The van der Waals surface area contributed by atoms with E-state index < -0.39 is 0 Å². The van der Waals surface area contributed by atoms with E-state index in [4.69, 9.17) is 14.7 Å². The summed E-state index contributed by atoms with van der Waals surface area (Å²) in [5.74, 6) is 0. The Kier molecular flexibility index (Phi) is 9.00. The first-order valence-corrected chi connectivity index (χ1v) is 4.54. The average molecular weight is 186 g/mol. The van der Waals surface area contributed by atoms with Gasteiger partial charge in [0.1, 0.15) is 6.04 Å². The van der Waals surface area contributed by atoms with Gasteiger partial charge in [-0.1, -0.05) is 6.92 Å². The summed E-state index contributed by atoms with van der Waals surface area (Å²) in [4.78, 5) is 0. The minimum absolute atomic E-state index is 0.187. The molecule has 0 saturated carbocycles. The lowest BCUT2D eigenvalue weighted by atomic mass is 10.3. The Morgan fingerprint density at radius 2 is 2.23 bits per heavy atom. The Morgan fingerprint density at radius 3 is 2.77 bits per heavy atom. The summed E-state index contributed by atoms with van der Waals surface area (Å²) in [6.07, 6.45) is 0.876. The van der Waals surface area contributed by atoms with Gasteiger partial charge in [0, 0.05) is 20.3 Å². The predicted molar refractivity (Wildman–Crippen MR) is 50.4 cm³/mol. The molecule has 76 valence electrons. The molecule has 0 spiro atoms. The number of hydrogen-bond acceptors (Lipinski definition) is 4. The van der Waals surface area contributed by atoms with E-state index in [0.717, 1.165) is 13.0 Å². The third-order valence-electron chi connectivity index (χ3n) is 1.53. The average Bonchev–Trinajstić information content (AvgIpc) is 2.16. The molecule has 4 nitrogen and oxygen atoms in total. The van der Waals surface area contributed by atoms with E-state index in [1.807, 2.05) is 6.92 Å². The number of methoxy groups -OCH3 is 1. The lowest BCUT2D eigenvalue weighted by molar-refractivity contribution is 0.0960. The van der Waals surface area contributed by atoms with Gasteiger partial charge in [-0.2, -0.15) is 5.26 Å². The topological polar surface area (TPSA) is 54.3 Å². The van der Waals surface area contributed by atoms with E-state index in [1.54, 1.807) is 7.11 Å². The van der Waals surface area contributed by atoms with Gasteiger partial charge in [-0.3, -0.25) is 0 Å². The molecule has 0 aromatic rings. The zero-order valence-corrected chi connectivity index (χ0v) is 8.38. The van der Waals surface area contributed by atoms with E-state index >= 15 is 0 Å². The van der Waals surface area contributed by atoms with Crippen LogP contribution < -0.4 is 5.32 Å². The highest BCUT2D eigenvalue weighted by molar-refractivity contribution is 4.88. The minimum Gasteiger partial charge on any atom is -0.385 e. The molecule has 0 aromatic carbocycles. The normalized spacial score (nSPS) is 12.4. The third kappa shape index (κ3) is 7.72. The van der Waals surface area contributed by atoms with Crippen molar-refractivity contribution in [2.75, 3.05) is 33.5 Å². The Balaban J connectivity index is 3.24. The van der Waals surface area contributed by atoms with Crippen LogP contribution in [0.25, 0.3) is 0 Å². The van der Waals surface area contributed by atoms with Gasteiger partial charge in [0.2, 0.25) is 0 Å². The smallest absolute Gasteiger partial charge is 0.119 e. The van der Waals surface area contributed by atoms with Crippen LogP contribution in [0.2, 0.25) is 0 Å². The number of ether oxygens (including phenoxy) is 2. The van der Waals surface area contributed by atoms with Crippen molar-refractivity contribution >= 4 is 0 Å². The summed E-state index contributed by atoms with van der Waals surface area (Å²) in [6.45, 7) is 4.57. The maximum absolute atomic E-state index is 8.64. The van der Waals surface area contributed by atoms with Crippen LogP contribution in [0, 0.1) is 11.3 Å². The third-order valence-corrected chi connectivity index (χ3v) is 1.53. The quantitative estimate of drug-likeness (QED) is 0.562. The van der Waals surface area contributed by atoms with Crippen molar-refractivity contribution in [3.63, 3.8) is 0 Å². The van der Waals surface area contributed by atoms with Gasteiger partial charge >= 0.3 is 0 Å². The summed E-state index contributed by atoms with van der Waals surface area (Å²) >= 11 is 0. The van der Waals surface area contributed by atoms with E-state index in [9.17, 15) is 0 Å². The van der Waals surface area contributed by atoms with Gasteiger partial charge in [-0.25, -0.2) is 0 Å². The first-order valence-electron chi connectivity index (χ1n) is 4.54. The van der Waals surface area contributed by atoms with Crippen molar-refractivity contribution < 1.29 is 9.47 Å². The van der Waals surface area contributed by atoms with Gasteiger partial charge < -0.3 is 14.8 Å². The molecule has 0 amide bonds. The lowest BCUT2D eigenvalue weighted by Crippen LogP contribution is -2.31. The van der Waals surface area contributed by atoms with Crippen molar-refractivity contribution in [1.82, 2.24) is 5.32 Å². The first-order chi connectivity index (χ1) is 6.35. The number of likely N-dealkylation sites (N-methyl/N-ethyl adjacent to an activating group) is 1. The molecular weight excluding hydrogens is 168 g/mol. The molecule has 0 aromatic heterocycles. The Hall–Kier alpha value is -0.630. The molecule has 0 saturated heterocycles. The molecule has 0 bridgehead atoms. The van der Waals surface area contributed by atoms with E-state index in [-0.39, 0.29) is 6.04 Å². The highest BCUT2D eigenvalue weighted by Gasteiger charge is 2.03. The second-order valence-electron chi connectivity index (χ2n) is 2.66. The zero-order chi connectivity index (χ0) is 9.94. The standard InChI is InChI=1S/C9H18N2O2/c1-3-11-9(7-10)8-13-6-4-5-12-2/h9,11H,3-6,8H2,1-2H3. The van der Waals surface area contributed by atoms with Crippen LogP contribution in [0.15, 0.2) is 0 Å². The Labute approximate surface area is 79.8 Å². The van der Waals surface area contributed by atoms with Crippen molar-refractivity contribution in [3.05, 3.63) is 0 Å². The Bertz CT molecular complexity index is 145. The number of rotatable bonds is 8. The number of hydrogen-bond donors (Lipinski definition) is 1. The van der Waals surface area contributed by atoms with E-state index in [1.165, 1.54) is 0 Å². The van der Waals surface area contributed by atoms with Crippen molar-refractivity contribution in [3.8, 4) is 6.07 Å². The molecule has 0 heterocycles. The minimum atomic E-state index is -0.187. The van der Waals surface area contributed by atoms with Crippen LogP contribution in [-0.4, -0.2) is 39.5 Å². The maximum atomic E-state index is 8.64. The van der Waals surface area contributed by atoms with Gasteiger partial charge in [-0.15, -0.1) is 0 Å². The van der Waals surface area contributed by atoms with Crippen LogP contribution in [0.4, 0.5) is 0 Å². The largest absolute Gasteiger partial charge is 0.385 e. The van der Waals surface area contributed by atoms with Gasteiger partial charge in [0.25, 0.3) is 0 Å². The van der Waals surface area contributed by atoms with Gasteiger partial charge in [0.05, 0.1) is 12.7 Å². The summed E-state index contributed by atoms with van der Waals surface area (Å²) in [5, 5.41) is 11.6. The molecule has 1 N–H and O–H groups in total. The predicted octanol–water partition coefficient (Wildman–Crippen LogP) is 0.541. The summed E-state index contributed by atoms with van der Waals surface area (Å²) in [6, 6.07) is 1.94. The second-order valence-corrected chi connectivity index (χ2v) is 2.66. The van der Waals surface area contributed by atoms with E-state index in [0.29, 0.717) is 19.8 Å². The molecule has 0 aliphatic heterocycles. The second kappa shape index (κ2) is 9.46. The molecule has 0 aliphatic rings. The van der Waals surface area contributed by atoms with Crippen LogP contribution in [0.1, 0.15) is 13.3 Å². The van der Waals surface area contributed by atoms with Gasteiger partial charge in [-0.05, 0) is 13.0 Å². The van der Waals surface area contributed by atoms with Crippen LogP contribution in [0.3, 0.4) is 0 Å². The van der Waals surface area contributed by atoms with Crippen molar-refractivity contribution in [1.29, 1.82) is 5.26 Å². The fourth-order valence-corrected chi connectivity index (χ4v) is 0.895. The van der Waals surface area contributed by atoms with Crippen LogP contribution in [0.5, 0.6) is 0 Å². The molecule has 1 atom stereocenters. The Morgan fingerprint density at radius 1 is 1.46 bits per heavy atom. The molecule has 0 rings (SSSR count). The van der Waals surface area contributed by atoms with Crippen LogP contribution >= 0.6 is 0 Å². The number of nitrogens with zero attached hydrogens (tertiary/aromatic N) is 1. The highest BCUT2D eigenvalue weighted by atomic mass is 16.5. The van der Waals surface area contributed by atoms with E-state index in [2.05, 4.69) is 11.4 Å². The maximum Gasteiger partial charge on any atom is 0.119 e. The molecule has 0 fully saturated rings. The van der Waals surface area contributed by atoms with Crippen molar-refractivity contribution in [2.45, 2.75) is 19.4 Å². The molecule has 4 heteroatoms. The monoisotopic (exact) mass is 186 g/mol. The summed E-state index contributed by atoms with van der Waals surface area (Å²) < 4.78 is 10.1. The lowest BCUT2D eigenvalue weighted by Gasteiger charge is -2.09. The summed E-state index contributed by atoms with van der Waals surface area (Å²) in [7, 11) is 1.66. The fourth-order valence-electron chi connectivity index (χ4n) is 0.895. The first kappa shape index (κ1) is 12.4. The number of nitriles is 1. The highest BCUT2D eigenvalue weighted by Crippen LogP contribution is 1.87. The molecule has 1 unspecified atom stereocenters. The zero-order valence-electron chi connectivity index (χ0n) is 8.38. The summed E-state index contributed by atoms with van der Waals surface area (Å²) in [5.41, 5.74) is 0. The van der Waals surface area contributed by atoms with Crippen LogP contribution in [-0.2, 0) is 9.47 Å². The van der Waals surface area contributed by atoms with Gasteiger partial charge in [0.15, 0.2) is 0 Å². The number of nitrogens with one attached hydrogen (secondary N) is 1. The molecular formula is C9H18N2O2. The fraction of sp³-hybridized carbons (Fsp3) is 0.889. The van der Waals surface area contributed by atoms with Crippen molar-refractivity contribution in [2.24, 2.45) is 0 Å². The molecule has 13 heavy (non-hydrogen) atoms. The SMILES string of the molecule is CCNC(C#N)COCCCOC.